The number of carboxylic acids is 1. The van der Waals surface area contributed by atoms with Crippen LogP contribution in [0.2, 0.25) is 0 Å². The molecule has 6 heteroatoms. The van der Waals surface area contributed by atoms with Gasteiger partial charge in [0.15, 0.2) is 0 Å². The van der Waals surface area contributed by atoms with Crippen LogP contribution >= 0.6 is 0 Å². The van der Waals surface area contributed by atoms with Crippen LogP contribution in [0.3, 0.4) is 0 Å². The lowest BCUT2D eigenvalue weighted by Gasteiger charge is -2.16. The number of para-hydroxylation sites is 1. The van der Waals surface area contributed by atoms with Crippen molar-refractivity contribution in [1.29, 1.82) is 0 Å². The molecule has 0 saturated heterocycles. The highest BCUT2D eigenvalue weighted by atomic mass is 16.4. The van der Waals surface area contributed by atoms with Gasteiger partial charge in [0.1, 0.15) is 12.1 Å². The topological polar surface area (TPSA) is 102 Å². The number of carbonyl (C=O) groups is 2. The minimum absolute atomic E-state index is 0.154. The Morgan fingerprint density at radius 1 is 1.33 bits per heavy atom. The van der Waals surface area contributed by atoms with Gasteiger partial charge in [0, 0.05) is 23.5 Å². The summed E-state index contributed by atoms with van der Waals surface area (Å²) in [5.41, 5.74) is 1.72. The maximum Gasteiger partial charge on any atom is 0.326 e. The van der Waals surface area contributed by atoms with Gasteiger partial charge >= 0.3 is 5.97 Å². The van der Waals surface area contributed by atoms with E-state index in [1.807, 2.05) is 24.3 Å². The molecule has 1 aromatic carbocycles. The molecule has 0 saturated carbocycles. The number of nitrogens with one attached hydrogen (secondary N) is 2. The van der Waals surface area contributed by atoms with Crippen molar-refractivity contribution in [2.75, 3.05) is 0 Å². The van der Waals surface area contributed by atoms with Crippen LogP contribution in [0.25, 0.3) is 10.9 Å². The Bertz CT molecular complexity index is 650. The number of amides is 1. The van der Waals surface area contributed by atoms with Gasteiger partial charge < -0.3 is 20.5 Å². The van der Waals surface area contributed by atoms with Gasteiger partial charge in [-0.2, -0.15) is 0 Å². The van der Waals surface area contributed by atoms with E-state index in [0.717, 1.165) is 16.5 Å². The summed E-state index contributed by atoms with van der Waals surface area (Å²) in [5, 5.41) is 22.0. The molecule has 2 rings (SSSR count). The molecule has 1 aromatic heterocycles. The molecule has 0 aliphatic rings. The van der Waals surface area contributed by atoms with Gasteiger partial charge in [-0.3, -0.25) is 4.79 Å². The molecule has 1 unspecified atom stereocenters. The first kappa shape index (κ1) is 15.1. The Balaban J connectivity index is 2.17. The van der Waals surface area contributed by atoms with Crippen molar-refractivity contribution in [2.45, 2.75) is 31.9 Å². The minimum Gasteiger partial charge on any atom is -0.480 e. The second-order valence-electron chi connectivity index (χ2n) is 4.89. The van der Waals surface area contributed by atoms with Crippen LogP contribution in [0.15, 0.2) is 30.5 Å². The lowest BCUT2D eigenvalue weighted by Crippen LogP contribution is -2.46. The van der Waals surface area contributed by atoms with Crippen LogP contribution in [-0.2, 0) is 16.0 Å². The highest BCUT2D eigenvalue weighted by molar-refractivity contribution is 5.88. The average Bonchev–Trinajstić information content (AvgIpc) is 2.88. The summed E-state index contributed by atoms with van der Waals surface area (Å²) in [7, 11) is 0. The van der Waals surface area contributed by atoms with Crippen molar-refractivity contribution in [3.05, 3.63) is 36.0 Å². The molecule has 0 aliphatic carbocycles. The van der Waals surface area contributed by atoms with Crippen LogP contribution in [0, 0.1) is 0 Å². The second-order valence-corrected chi connectivity index (χ2v) is 4.89. The summed E-state index contributed by atoms with van der Waals surface area (Å²) in [4.78, 5) is 26.0. The summed E-state index contributed by atoms with van der Waals surface area (Å²) in [5.74, 6) is -1.79. The van der Waals surface area contributed by atoms with Gasteiger partial charge in [0.05, 0.1) is 0 Å². The Morgan fingerprint density at radius 2 is 2.05 bits per heavy atom. The van der Waals surface area contributed by atoms with Gasteiger partial charge in [-0.25, -0.2) is 4.79 Å². The van der Waals surface area contributed by atoms with E-state index >= 15 is 0 Å². The molecule has 4 N–H and O–H groups in total. The fourth-order valence-corrected chi connectivity index (χ4v) is 2.17. The van der Waals surface area contributed by atoms with Crippen LogP contribution in [0.4, 0.5) is 0 Å². The maximum absolute atomic E-state index is 11.6. The quantitative estimate of drug-likeness (QED) is 0.638. The molecule has 0 radical (unpaired) electrons. The standard InChI is InChI=1S/C15H18N2O4/c1-2-13(18)14(19)17-12(15(20)21)7-9-8-16-11-6-4-3-5-10(9)11/h3-6,8,12-13,16,18H,2,7H2,1H3,(H,17,19)(H,20,21)/t12-,13?/m0/s1. The predicted molar refractivity (Wildman–Crippen MR) is 77.9 cm³/mol. The molecule has 21 heavy (non-hydrogen) atoms. The van der Waals surface area contributed by atoms with Crippen molar-refractivity contribution >= 4 is 22.8 Å². The van der Waals surface area contributed by atoms with Gasteiger partial charge in [-0.05, 0) is 18.1 Å². The highest BCUT2D eigenvalue weighted by Gasteiger charge is 2.24. The molecule has 112 valence electrons. The summed E-state index contributed by atoms with van der Waals surface area (Å²) >= 11 is 0. The minimum atomic E-state index is -1.19. The van der Waals surface area contributed by atoms with Crippen molar-refractivity contribution in [2.24, 2.45) is 0 Å². The Labute approximate surface area is 121 Å². The molecule has 2 aromatic rings. The molecule has 2 atom stereocenters. The number of carboxylic acid groups (broad SMARTS) is 1. The van der Waals surface area contributed by atoms with Gasteiger partial charge in [0.25, 0.3) is 0 Å². The van der Waals surface area contributed by atoms with E-state index in [-0.39, 0.29) is 12.8 Å². The molecule has 6 nitrogen and oxygen atoms in total. The monoisotopic (exact) mass is 290 g/mol. The average molecular weight is 290 g/mol. The third-order valence-electron chi connectivity index (χ3n) is 3.40. The molecule has 0 bridgehead atoms. The maximum atomic E-state index is 11.6. The second kappa shape index (κ2) is 6.41. The zero-order valence-corrected chi connectivity index (χ0v) is 11.7. The fourth-order valence-electron chi connectivity index (χ4n) is 2.17. The van der Waals surface area contributed by atoms with E-state index in [9.17, 15) is 19.8 Å². The Kier molecular flexibility index (Phi) is 4.59. The number of carbonyl (C=O) groups excluding carboxylic acids is 1. The summed E-state index contributed by atoms with van der Waals surface area (Å²) in [6.07, 6.45) is 0.949. The molecule has 1 amide bonds. The van der Waals surface area contributed by atoms with E-state index < -0.39 is 24.0 Å². The third-order valence-corrected chi connectivity index (χ3v) is 3.40. The van der Waals surface area contributed by atoms with E-state index in [0.29, 0.717) is 0 Å². The predicted octanol–water partition coefficient (Wildman–Crippen LogP) is 1.05. The van der Waals surface area contributed by atoms with Crippen molar-refractivity contribution in [3.8, 4) is 0 Å². The highest BCUT2D eigenvalue weighted by Crippen LogP contribution is 2.19. The van der Waals surface area contributed by atoms with Crippen LogP contribution in [0.1, 0.15) is 18.9 Å². The van der Waals surface area contributed by atoms with Gasteiger partial charge in [0.2, 0.25) is 5.91 Å². The molecule has 0 fully saturated rings. The van der Waals surface area contributed by atoms with Gasteiger partial charge in [-0.1, -0.05) is 25.1 Å². The number of aliphatic hydroxyl groups excluding tert-OH is 1. The molecular formula is C15H18N2O4. The number of aromatic nitrogens is 1. The van der Waals surface area contributed by atoms with Crippen LogP contribution < -0.4 is 5.32 Å². The van der Waals surface area contributed by atoms with Crippen LogP contribution in [-0.4, -0.2) is 39.2 Å². The number of aliphatic hydroxyl groups is 1. The number of hydrogen-bond donors (Lipinski definition) is 4. The number of fused-ring (bicyclic) bond motifs is 1. The first-order valence-electron chi connectivity index (χ1n) is 6.79. The number of H-pyrrole nitrogens is 1. The van der Waals surface area contributed by atoms with Gasteiger partial charge in [-0.15, -0.1) is 0 Å². The Hall–Kier alpha value is -2.34. The zero-order valence-electron chi connectivity index (χ0n) is 11.7. The van der Waals surface area contributed by atoms with Crippen LogP contribution in [0.5, 0.6) is 0 Å². The lowest BCUT2D eigenvalue weighted by atomic mass is 10.0. The number of rotatable bonds is 6. The molecule has 0 aliphatic heterocycles. The first-order chi connectivity index (χ1) is 10.0. The smallest absolute Gasteiger partial charge is 0.326 e. The zero-order chi connectivity index (χ0) is 15.4. The van der Waals surface area contributed by atoms with Crippen molar-refractivity contribution in [1.82, 2.24) is 10.3 Å². The van der Waals surface area contributed by atoms with Crippen molar-refractivity contribution < 1.29 is 19.8 Å². The normalized spacial score (nSPS) is 13.8. The Morgan fingerprint density at radius 3 is 2.71 bits per heavy atom. The summed E-state index contributed by atoms with van der Waals surface area (Å²) < 4.78 is 0. The summed E-state index contributed by atoms with van der Waals surface area (Å²) in [6.45, 7) is 1.65. The first-order valence-corrected chi connectivity index (χ1v) is 6.79. The molecular weight excluding hydrogens is 272 g/mol. The van der Waals surface area contributed by atoms with E-state index in [1.165, 1.54) is 0 Å². The lowest BCUT2D eigenvalue weighted by molar-refractivity contribution is -0.143. The number of aromatic amines is 1. The summed E-state index contributed by atoms with van der Waals surface area (Å²) in [6, 6.07) is 6.47. The SMILES string of the molecule is CCC(O)C(=O)N[C@@H](Cc1c[nH]c2ccccc12)C(=O)O. The van der Waals surface area contributed by atoms with E-state index in [1.54, 1.807) is 13.1 Å². The van der Waals surface area contributed by atoms with Crippen molar-refractivity contribution in [3.63, 3.8) is 0 Å². The molecule has 0 spiro atoms. The number of benzene rings is 1. The fraction of sp³-hybridized carbons (Fsp3) is 0.333. The number of aliphatic carboxylic acids is 1. The largest absolute Gasteiger partial charge is 0.480 e. The molecule has 1 heterocycles. The van der Waals surface area contributed by atoms with E-state index in [4.69, 9.17) is 0 Å². The van der Waals surface area contributed by atoms with E-state index in [2.05, 4.69) is 10.3 Å². The number of hydrogen-bond acceptors (Lipinski definition) is 3. The third kappa shape index (κ3) is 3.41.